The van der Waals surface area contributed by atoms with Gasteiger partial charge in [-0.05, 0) is 53.5 Å². The summed E-state index contributed by atoms with van der Waals surface area (Å²) in [5.74, 6) is -5.91. The summed E-state index contributed by atoms with van der Waals surface area (Å²) >= 11 is 0. The zero-order chi connectivity index (χ0) is 51.3. The third-order valence-electron chi connectivity index (χ3n) is 10.9. The Hall–Kier alpha value is -8.18. The number of esters is 5. The Morgan fingerprint density at radius 3 is 0.889 bits per heavy atom. The van der Waals surface area contributed by atoms with Crippen LogP contribution in [0.1, 0.15) is 79.2 Å². The van der Waals surface area contributed by atoms with E-state index in [4.69, 9.17) is 29.4 Å². The molecule has 0 fully saturated rings. The number of carbonyl (C=O) groups excluding carboxylic acids is 8. The van der Waals surface area contributed by atoms with E-state index in [0.29, 0.717) is 16.7 Å². The van der Waals surface area contributed by atoms with Crippen molar-refractivity contribution in [1.29, 1.82) is 0 Å². The number of hydrogen-bond donors (Lipinski definition) is 4. The summed E-state index contributed by atoms with van der Waals surface area (Å²) in [4.78, 5) is 106. The van der Waals surface area contributed by atoms with Gasteiger partial charge in [-0.3, -0.25) is 24.0 Å². The fraction of sp³-hybridized carbons (Fsp3) is 0.309. The van der Waals surface area contributed by atoms with Gasteiger partial charge in [0.15, 0.2) is 0 Å². The number of benzene rings is 5. The lowest BCUT2D eigenvalue weighted by molar-refractivity contribution is -0.151. The highest BCUT2D eigenvalue weighted by molar-refractivity contribution is 5.88. The Morgan fingerprint density at radius 2 is 0.583 bits per heavy atom. The fourth-order valence-corrected chi connectivity index (χ4v) is 6.90. The number of nitrogens with two attached hydrogens (primary N) is 1. The Kier molecular flexibility index (Phi) is 23.1. The Morgan fingerprint density at radius 1 is 0.333 bits per heavy atom. The van der Waals surface area contributed by atoms with Gasteiger partial charge in [0.25, 0.3) is 0 Å². The minimum atomic E-state index is -1.38. The van der Waals surface area contributed by atoms with E-state index in [1.807, 2.05) is 12.1 Å². The molecule has 0 bridgehead atoms. The zero-order valence-electron chi connectivity index (χ0n) is 39.8. The van der Waals surface area contributed by atoms with Crippen LogP contribution >= 0.6 is 0 Å². The number of hydrogen-bond acceptors (Lipinski definition) is 14. The second kappa shape index (κ2) is 30.4. The zero-order valence-corrected chi connectivity index (χ0v) is 39.8. The number of nitrogens with one attached hydrogen (secondary N) is 3. The lowest BCUT2D eigenvalue weighted by Crippen LogP contribution is -2.46. The van der Waals surface area contributed by atoms with E-state index >= 15 is 0 Å². The molecule has 378 valence electrons. The molecular formula is C55H60N4O13. The highest BCUT2D eigenvalue weighted by Crippen LogP contribution is 2.13. The Balaban J connectivity index is 1.21. The molecule has 0 aliphatic carbocycles. The van der Waals surface area contributed by atoms with Crippen molar-refractivity contribution in [3.8, 4) is 0 Å². The third kappa shape index (κ3) is 20.8. The van der Waals surface area contributed by atoms with Crippen LogP contribution in [0.15, 0.2) is 152 Å². The number of amides is 3. The van der Waals surface area contributed by atoms with Gasteiger partial charge in [-0.15, -0.1) is 0 Å². The minimum Gasteiger partial charge on any atom is -0.461 e. The van der Waals surface area contributed by atoms with E-state index in [2.05, 4.69) is 16.0 Å². The number of rotatable bonds is 29. The van der Waals surface area contributed by atoms with Gasteiger partial charge in [0, 0.05) is 25.7 Å². The van der Waals surface area contributed by atoms with Gasteiger partial charge in [-0.2, -0.15) is 0 Å². The van der Waals surface area contributed by atoms with Crippen LogP contribution < -0.4 is 21.7 Å². The molecule has 5 N–H and O–H groups in total. The van der Waals surface area contributed by atoms with Crippen molar-refractivity contribution in [2.75, 3.05) is 0 Å². The van der Waals surface area contributed by atoms with Gasteiger partial charge in [0.1, 0.15) is 57.2 Å². The summed E-state index contributed by atoms with van der Waals surface area (Å²) in [6.07, 6.45) is -2.12. The van der Waals surface area contributed by atoms with Crippen LogP contribution in [-0.4, -0.2) is 71.7 Å². The van der Waals surface area contributed by atoms with Crippen LogP contribution in [0.25, 0.3) is 0 Å². The summed E-state index contributed by atoms with van der Waals surface area (Å²) < 4.78 is 27.2. The molecule has 3 amide bonds. The first-order valence-corrected chi connectivity index (χ1v) is 23.6. The molecule has 0 saturated heterocycles. The van der Waals surface area contributed by atoms with Crippen LogP contribution in [0, 0.1) is 0 Å². The quantitative estimate of drug-likeness (QED) is 0.0337. The molecule has 0 saturated carbocycles. The van der Waals surface area contributed by atoms with Crippen LogP contribution in [-0.2, 0) is 95.1 Å². The predicted octanol–water partition coefficient (Wildman–Crippen LogP) is 5.61. The average Bonchev–Trinajstić information content (AvgIpc) is 3.41. The fourth-order valence-electron chi connectivity index (χ4n) is 6.90. The van der Waals surface area contributed by atoms with Crippen LogP contribution in [0.5, 0.6) is 0 Å². The first-order valence-electron chi connectivity index (χ1n) is 23.6. The molecule has 0 heterocycles. The van der Waals surface area contributed by atoms with E-state index < -0.39 is 84.6 Å². The standard InChI is InChI=1S/C55H60N4O13/c56-44(52(64)69-35-40-18-8-2-9-19-40)26-30-48(60)57-45(53(65)70-36-41-20-10-3-11-21-41)27-31-49(61)58-46(54(66)71-37-42-22-12-4-13-23-42)28-32-50(62)59-47(55(67)72-38-43-24-14-5-15-25-43)29-33-51(63)68-34-39-16-6-1-7-17-39/h1-25,44-47H,26-38,56H2,(H,57,60)(H,58,61)(H,59,62)/t44-,45-,46-,47-/m0/s1. The summed E-state index contributed by atoms with van der Waals surface area (Å²) in [7, 11) is 0. The molecular weight excluding hydrogens is 925 g/mol. The molecule has 0 aliphatic rings. The highest BCUT2D eigenvalue weighted by Gasteiger charge is 2.29. The highest BCUT2D eigenvalue weighted by atomic mass is 16.5. The van der Waals surface area contributed by atoms with Gasteiger partial charge in [0.2, 0.25) is 17.7 Å². The van der Waals surface area contributed by atoms with Crippen molar-refractivity contribution in [2.24, 2.45) is 5.73 Å². The van der Waals surface area contributed by atoms with Crippen LogP contribution in [0.3, 0.4) is 0 Å². The summed E-state index contributed by atoms with van der Waals surface area (Å²) in [6, 6.07) is 39.3. The molecule has 17 nitrogen and oxygen atoms in total. The molecule has 0 unspecified atom stereocenters. The first-order chi connectivity index (χ1) is 34.9. The van der Waals surface area contributed by atoms with Crippen LogP contribution in [0.2, 0.25) is 0 Å². The van der Waals surface area contributed by atoms with Gasteiger partial charge in [0.05, 0.1) is 0 Å². The maximum absolute atomic E-state index is 13.6. The summed E-state index contributed by atoms with van der Waals surface area (Å²) in [6.45, 7) is -0.360. The first kappa shape index (κ1) is 54.8. The van der Waals surface area contributed by atoms with Gasteiger partial charge in [-0.25, -0.2) is 14.4 Å². The summed E-state index contributed by atoms with van der Waals surface area (Å²) in [5, 5.41) is 7.78. The minimum absolute atomic E-state index is 0.00216. The van der Waals surface area contributed by atoms with E-state index in [1.165, 1.54) is 0 Å². The van der Waals surface area contributed by atoms with E-state index in [9.17, 15) is 38.4 Å². The molecule has 72 heavy (non-hydrogen) atoms. The normalized spacial score (nSPS) is 12.3. The third-order valence-corrected chi connectivity index (χ3v) is 10.9. The van der Waals surface area contributed by atoms with Gasteiger partial charge < -0.3 is 45.4 Å². The van der Waals surface area contributed by atoms with Gasteiger partial charge >= 0.3 is 29.8 Å². The number of carbonyl (C=O) groups is 8. The Bertz CT molecular complexity index is 2500. The molecule has 5 aromatic rings. The van der Waals surface area contributed by atoms with E-state index in [1.54, 1.807) is 140 Å². The molecule has 0 aromatic heterocycles. The predicted molar refractivity (Wildman–Crippen MR) is 262 cm³/mol. The summed E-state index contributed by atoms with van der Waals surface area (Å²) in [5.41, 5.74) is 9.57. The van der Waals surface area contributed by atoms with Crippen LogP contribution in [0.4, 0.5) is 0 Å². The largest absolute Gasteiger partial charge is 0.461 e. The van der Waals surface area contributed by atoms with Gasteiger partial charge in [-0.1, -0.05) is 152 Å². The Labute approximate surface area is 418 Å². The molecule has 17 heteroatoms. The van der Waals surface area contributed by atoms with Crippen molar-refractivity contribution in [3.05, 3.63) is 179 Å². The van der Waals surface area contributed by atoms with Crippen molar-refractivity contribution in [3.63, 3.8) is 0 Å². The van der Waals surface area contributed by atoms with E-state index in [0.717, 1.165) is 11.1 Å². The smallest absolute Gasteiger partial charge is 0.328 e. The van der Waals surface area contributed by atoms with Crippen molar-refractivity contribution in [2.45, 2.75) is 109 Å². The lowest BCUT2D eigenvalue weighted by Gasteiger charge is -2.21. The molecule has 0 spiro atoms. The lowest BCUT2D eigenvalue weighted by atomic mass is 10.1. The van der Waals surface area contributed by atoms with E-state index in [-0.39, 0.29) is 71.6 Å². The van der Waals surface area contributed by atoms with Crippen molar-refractivity contribution >= 4 is 47.6 Å². The molecule has 5 rings (SSSR count). The molecule has 4 atom stereocenters. The SMILES string of the molecule is N[C@@H](CCC(=O)N[C@@H](CCC(=O)N[C@@H](CCC(=O)N[C@@H](CCC(=O)OCc1ccccc1)C(=O)OCc1ccccc1)C(=O)OCc1ccccc1)C(=O)OCc1ccccc1)C(=O)OCc1ccccc1. The maximum atomic E-state index is 13.6. The molecule has 0 radical (unpaired) electrons. The average molecular weight is 985 g/mol. The topological polar surface area (TPSA) is 245 Å². The monoisotopic (exact) mass is 984 g/mol. The maximum Gasteiger partial charge on any atom is 0.328 e. The second-order valence-corrected chi connectivity index (χ2v) is 16.6. The van der Waals surface area contributed by atoms with Crippen molar-refractivity contribution < 1.29 is 62.0 Å². The van der Waals surface area contributed by atoms with Crippen molar-refractivity contribution in [1.82, 2.24) is 16.0 Å². The molecule has 5 aromatic carbocycles. The number of ether oxygens (including phenoxy) is 5. The second-order valence-electron chi connectivity index (χ2n) is 16.6. The molecule has 0 aliphatic heterocycles.